The van der Waals surface area contributed by atoms with Gasteiger partial charge in [-0.1, -0.05) is 13.8 Å². The van der Waals surface area contributed by atoms with Gasteiger partial charge in [0.15, 0.2) is 0 Å². The van der Waals surface area contributed by atoms with Crippen molar-refractivity contribution in [1.29, 1.82) is 5.26 Å². The molecule has 0 bridgehead atoms. The number of rotatable bonds is 5. The van der Waals surface area contributed by atoms with Crippen molar-refractivity contribution in [2.45, 2.75) is 32.9 Å². The van der Waals surface area contributed by atoms with Crippen LogP contribution in [-0.2, 0) is 6.54 Å². The van der Waals surface area contributed by atoms with Gasteiger partial charge in [0.2, 0.25) is 0 Å². The fourth-order valence-electron chi connectivity index (χ4n) is 2.10. The van der Waals surface area contributed by atoms with E-state index in [4.69, 9.17) is 5.26 Å². The summed E-state index contributed by atoms with van der Waals surface area (Å²) in [6.45, 7) is 6.37. The van der Waals surface area contributed by atoms with Gasteiger partial charge in [0.05, 0.1) is 11.6 Å². The van der Waals surface area contributed by atoms with Gasteiger partial charge in [-0.25, -0.2) is 0 Å². The molecule has 0 aliphatic rings. The molecule has 0 atom stereocenters. The third-order valence-corrected chi connectivity index (χ3v) is 3.03. The molecule has 0 amide bonds. The molecule has 1 heterocycles. The molecule has 0 saturated carbocycles. The molecule has 3 nitrogen and oxygen atoms in total. The van der Waals surface area contributed by atoms with Gasteiger partial charge in [0.25, 0.3) is 0 Å². The zero-order valence-corrected chi connectivity index (χ0v) is 11.0. The fraction of sp³-hybridized carbons (Fsp3) is 0.400. The van der Waals surface area contributed by atoms with Crippen LogP contribution in [0.3, 0.4) is 0 Å². The Morgan fingerprint density at radius 1 is 1.33 bits per heavy atom. The minimum atomic E-state index is 0.546. The maximum atomic E-state index is 8.86. The second-order valence-corrected chi connectivity index (χ2v) is 4.86. The second kappa shape index (κ2) is 5.70. The molecule has 0 aliphatic carbocycles. The SMILES string of the molecule is CC(C)NCCCn1ccc2cc(C#N)ccc21. The Bertz CT molecular complexity index is 561. The lowest BCUT2D eigenvalue weighted by molar-refractivity contribution is 0.541. The highest BCUT2D eigenvalue weighted by Gasteiger charge is 2.02. The Morgan fingerprint density at radius 2 is 2.17 bits per heavy atom. The van der Waals surface area contributed by atoms with Crippen LogP contribution in [0.4, 0.5) is 0 Å². The zero-order valence-electron chi connectivity index (χ0n) is 11.0. The molecule has 0 aliphatic heterocycles. The summed E-state index contributed by atoms with van der Waals surface area (Å²) in [6, 6.07) is 10.6. The number of hydrogen-bond donors (Lipinski definition) is 1. The molecule has 0 fully saturated rings. The Kier molecular flexibility index (Phi) is 4.01. The topological polar surface area (TPSA) is 40.8 Å². The average Bonchev–Trinajstić information content (AvgIpc) is 2.76. The maximum absolute atomic E-state index is 8.86. The third kappa shape index (κ3) is 2.91. The van der Waals surface area contributed by atoms with Crippen molar-refractivity contribution in [3.05, 3.63) is 36.0 Å². The molecular formula is C15H19N3. The first-order valence-electron chi connectivity index (χ1n) is 6.43. The number of fused-ring (bicyclic) bond motifs is 1. The normalized spacial score (nSPS) is 11.0. The average molecular weight is 241 g/mol. The van der Waals surface area contributed by atoms with Gasteiger partial charge in [-0.2, -0.15) is 5.26 Å². The first-order valence-corrected chi connectivity index (χ1v) is 6.43. The monoisotopic (exact) mass is 241 g/mol. The number of hydrogen-bond acceptors (Lipinski definition) is 2. The summed E-state index contributed by atoms with van der Waals surface area (Å²) in [7, 11) is 0. The van der Waals surface area contributed by atoms with E-state index in [9.17, 15) is 0 Å². The summed E-state index contributed by atoms with van der Waals surface area (Å²) in [6.07, 6.45) is 3.21. The lowest BCUT2D eigenvalue weighted by Crippen LogP contribution is -2.24. The van der Waals surface area contributed by atoms with E-state index in [0.29, 0.717) is 6.04 Å². The molecule has 1 aromatic carbocycles. The van der Waals surface area contributed by atoms with Crippen LogP contribution < -0.4 is 5.32 Å². The maximum Gasteiger partial charge on any atom is 0.0991 e. The molecule has 1 aromatic heterocycles. The summed E-state index contributed by atoms with van der Waals surface area (Å²) in [5, 5.41) is 13.4. The van der Waals surface area contributed by atoms with Crippen LogP contribution in [0.15, 0.2) is 30.5 Å². The van der Waals surface area contributed by atoms with E-state index < -0.39 is 0 Å². The van der Waals surface area contributed by atoms with Crippen LogP contribution in [0.5, 0.6) is 0 Å². The summed E-state index contributed by atoms with van der Waals surface area (Å²) in [5.74, 6) is 0. The molecule has 0 spiro atoms. The van der Waals surface area contributed by atoms with E-state index >= 15 is 0 Å². The Labute approximate surface area is 108 Å². The number of aryl methyl sites for hydroxylation is 1. The van der Waals surface area contributed by atoms with Crippen LogP contribution in [0.1, 0.15) is 25.8 Å². The molecule has 0 saturated heterocycles. The van der Waals surface area contributed by atoms with Crippen LogP contribution in [0.2, 0.25) is 0 Å². The summed E-state index contributed by atoms with van der Waals surface area (Å²) >= 11 is 0. The van der Waals surface area contributed by atoms with E-state index in [2.05, 4.69) is 42.1 Å². The minimum Gasteiger partial charge on any atom is -0.347 e. The third-order valence-electron chi connectivity index (χ3n) is 3.03. The largest absolute Gasteiger partial charge is 0.347 e. The highest BCUT2D eigenvalue weighted by molar-refractivity contribution is 5.81. The van der Waals surface area contributed by atoms with Crippen molar-refractivity contribution >= 4 is 10.9 Å². The molecule has 18 heavy (non-hydrogen) atoms. The van der Waals surface area contributed by atoms with Crippen molar-refractivity contribution in [3.63, 3.8) is 0 Å². The van der Waals surface area contributed by atoms with Crippen LogP contribution in [0, 0.1) is 11.3 Å². The quantitative estimate of drug-likeness (QED) is 0.818. The highest BCUT2D eigenvalue weighted by atomic mass is 15.0. The second-order valence-electron chi connectivity index (χ2n) is 4.86. The Hall–Kier alpha value is -1.79. The fourth-order valence-corrected chi connectivity index (χ4v) is 2.10. The number of nitrogens with zero attached hydrogens (tertiary/aromatic N) is 2. The number of nitriles is 1. The standard InChI is InChI=1S/C15H19N3/c1-12(2)17-7-3-8-18-9-6-14-10-13(11-16)4-5-15(14)18/h4-6,9-10,12,17H,3,7-8H2,1-2H3. The van der Waals surface area contributed by atoms with E-state index in [-0.39, 0.29) is 0 Å². The van der Waals surface area contributed by atoms with Gasteiger partial charge in [-0.3, -0.25) is 0 Å². The molecule has 0 radical (unpaired) electrons. The molecule has 3 heteroatoms. The molecule has 2 aromatic rings. The molecule has 0 unspecified atom stereocenters. The lowest BCUT2D eigenvalue weighted by Gasteiger charge is -2.09. The number of benzene rings is 1. The molecule has 94 valence electrons. The Morgan fingerprint density at radius 3 is 2.89 bits per heavy atom. The van der Waals surface area contributed by atoms with Crippen molar-refractivity contribution in [3.8, 4) is 6.07 Å². The predicted molar refractivity (Wildman–Crippen MR) is 74.4 cm³/mol. The molecular weight excluding hydrogens is 222 g/mol. The molecule has 1 N–H and O–H groups in total. The number of aromatic nitrogens is 1. The molecule has 2 rings (SSSR count). The van der Waals surface area contributed by atoms with E-state index in [1.807, 2.05) is 18.2 Å². The van der Waals surface area contributed by atoms with Gasteiger partial charge >= 0.3 is 0 Å². The van der Waals surface area contributed by atoms with E-state index in [1.165, 1.54) is 5.52 Å². The summed E-state index contributed by atoms with van der Waals surface area (Å²) < 4.78 is 2.25. The Balaban J connectivity index is 2.04. The minimum absolute atomic E-state index is 0.546. The van der Waals surface area contributed by atoms with Gasteiger partial charge < -0.3 is 9.88 Å². The van der Waals surface area contributed by atoms with Gasteiger partial charge in [-0.05, 0) is 37.2 Å². The predicted octanol–water partition coefficient (Wildman–Crippen LogP) is 2.90. The van der Waals surface area contributed by atoms with Gasteiger partial charge in [0.1, 0.15) is 0 Å². The summed E-state index contributed by atoms with van der Waals surface area (Å²) in [4.78, 5) is 0. The van der Waals surface area contributed by atoms with E-state index in [1.54, 1.807) is 0 Å². The van der Waals surface area contributed by atoms with Crippen molar-refractivity contribution < 1.29 is 0 Å². The summed E-state index contributed by atoms with van der Waals surface area (Å²) in [5.41, 5.74) is 1.93. The zero-order chi connectivity index (χ0) is 13.0. The van der Waals surface area contributed by atoms with Crippen molar-refractivity contribution in [2.24, 2.45) is 0 Å². The van der Waals surface area contributed by atoms with Crippen LogP contribution in [-0.4, -0.2) is 17.2 Å². The highest BCUT2D eigenvalue weighted by Crippen LogP contribution is 2.17. The van der Waals surface area contributed by atoms with Crippen LogP contribution >= 0.6 is 0 Å². The van der Waals surface area contributed by atoms with Gasteiger partial charge in [-0.15, -0.1) is 0 Å². The smallest absolute Gasteiger partial charge is 0.0991 e. The first kappa shape index (κ1) is 12.7. The van der Waals surface area contributed by atoms with Crippen molar-refractivity contribution in [2.75, 3.05) is 6.54 Å². The first-order chi connectivity index (χ1) is 8.70. The number of nitrogens with one attached hydrogen (secondary N) is 1. The van der Waals surface area contributed by atoms with Crippen molar-refractivity contribution in [1.82, 2.24) is 9.88 Å². The van der Waals surface area contributed by atoms with E-state index in [0.717, 1.165) is 30.5 Å². The lowest BCUT2D eigenvalue weighted by atomic mass is 10.2. The van der Waals surface area contributed by atoms with Gasteiger partial charge in [0, 0.05) is 29.7 Å². The van der Waals surface area contributed by atoms with Crippen LogP contribution in [0.25, 0.3) is 10.9 Å².